The average molecular weight is 377 g/mol. The number of piperidine rings is 1. The van der Waals surface area contributed by atoms with E-state index in [2.05, 4.69) is 25.7 Å². The molecule has 1 aromatic carbocycles. The van der Waals surface area contributed by atoms with Gasteiger partial charge < -0.3 is 16.4 Å². The minimum Gasteiger partial charge on any atom is -0.382 e. The molecule has 8 heteroatoms. The van der Waals surface area contributed by atoms with Crippen molar-refractivity contribution in [3.8, 4) is 22.4 Å². The first kappa shape index (κ1) is 18.1. The number of hydrogen-bond donors (Lipinski definition) is 3. The lowest BCUT2D eigenvalue weighted by atomic mass is 10.0. The van der Waals surface area contributed by atoms with Gasteiger partial charge in [0.05, 0.1) is 18.1 Å². The van der Waals surface area contributed by atoms with Crippen LogP contribution in [0.25, 0.3) is 22.4 Å². The molecule has 0 bridgehead atoms. The van der Waals surface area contributed by atoms with Crippen LogP contribution in [0.1, 0.15) is 23.3 Å². The second-order valence-corrected chi connectivity index (χ2v) is 6.99. The summed E-state index contributed by atoms with van der Waals surface area (Å²) in [6.45, 7) is 1.74. The van der Waals surface area contributed by atoms with Crippen LogP contribution < -0.4 is 16.4 Å². The number of carbonyl (C=O) groups excluding carboxylic acids is 1. The largest absolute Gasteiger partial charge is 0.382 e. The number of amides is 1. The molecule has 1 amide bonds. The summed E-state index contributed by atoms with van der Waals surface area (Å²) in [7, 11) is 1.88. The fourth-order valence-corrected chi connectivity index (χ4v) is 3.36. The third-order valence-corrected chi connectivity index (χ3v) is 4.84. The highest BCUT2D eigenvalue weighted by Gasteiger charge is 2.20. The van der Waals surface area contributed by atoms with Gasteiger partial charge in [-0.15, -0.1) is 0 Å². The Kier molecular flexibility index (Phi) is 5.03. The smallest absolute Gasteiger partial charge is 0.274 e. The number of nitrogen functional groups attached to an aromatic ring is 1. The number of rotatable bonds is 4. The Labute approximate surface area is 163 Å². The summed E-state index contributed by atoms with van der Waals surface area (Å²) in [5, 5.41) is 10.5. The van der Waals surface area contributed by atoms with Crippen LogP contribution in [0.5, 0.6) is 0 Å². The number of nitrogens with zero attached hydrogens (tertiary/aromatic N) is 4. The van der Waals surface area contributed by atoms with Gasteiger partial charge in [0.1, 0.15) is 0 Å². The van der Waals surface area contributed by atoms with Crippen LogP contribution >= 0.6 is 0 Å². The quantitative estimate of drug-likeness (QED) is 0.637. The normalized spacial score (nSPS) is 16.7. The monoisotopic (exact) mass is 377 g/mol. The van der Waals surface area contributed by atoms with Crippen LogP contribution in [0.4, 0.5) is 5.82 Å². The van der Waals surface area contributed by atoms with Crippen LogP contribution in [-0.4, -0.2) is 44.8 Å². The van der Waals surface area contributed by atoms with Crippen molar-refractivity contribution < 1.29 is 4.79 Å². The van der Waals surface area contributed by atoms with Gasteiger partial charge in [-0.1, -0.05) is 18.2 Å². The molecule has 0 spiro atoms. The minimum atomic E-state index is -0.288. The van der Waals surface area contributed by atoms with E-state index in [4.69, 9.17) is 5.73 Å². The van der Waals surface area contributed by atoms with Crippen molar-refractivity contribution in [3.05, 3.63) is 48.5 Å². The number of carbonyl (C=O) groups is 1. The Hall–Kier alpha value is -3.26. The maximum Gasteiger partial charge on any atom is 0.274 e. The molecular weight excluding hydrogens is 354 g/mol. The number of nitrogens with one attached hydrogen (secondary N) is 2. The minimum absolute atomic E-state index is 0.0833. The molecule has 2 aromatic heterocycles. The predicted octanol–water partition coefficient (Wildman–Crippen LogP) is 1.61. The van der Waals surface area contributed by atoms with Crippen molar-refractivity contribution in [3.63, 3.8) is 0 Å². The molecule has 144 valence electrons. The van der Waals surface area contributed by atoms with Gasteiger partial charge in [0.15, 0.2) is 11.5 Å². The van der Waals surface area contributed by atoms with Gasteiger partial charge in [0.2, 0.25) is 0 Å². The van der Waals surface area contributed by atoms with Gasteiger partial charge in [-0.3, -0.25) is 9.48 Å². The molecule has 0 aliphatic carbocycles. The van der Waals surface area contributed by atoms with Crippen LogP contribution in [-0.2, 0) is 7.05 Å². The molecule has 1 aliphatic heterocycles. The molecule has 3 heterocycles. The van der Waals surface area contributed by atoms with Crippen molar-refractivity contribution in [2.45, 2.75) is 18.9 Å². The Balaban J connectivity index is 1.60. The molecule has 0 unspecified atom stereocenters. The van der Waals surface area contributed by atoms with Crippen LogP contribution in [0.3, 0.4) is 0 Å². The first-order chi connectivity index (χ1) is 13.6. The molecule has 1 atom stereocenters. The summed E-state index contributed by atoms with van der Waals surface area (Å²) in [5.41, 5.74) is 9.59. The molecule has 1 fully saturated rings. The molecule has 4 N–H and O–H groups in total. The first-order valence-electron chi connectivity index (χ1n) is 9.34. The van der Waals surface area contributed by atoms with E-state index in [1.54, 1.807) is 10.9 Å². The lowest BCUT2D eigenvalue weighted by Gasteiger charge is -2.23. The van der Waals surface area contributed by atoms with Gasteiger partial charge in [0.25, 0.3) is 5.91 Å². The summed E-state index contributed by atoms with van der Waals surface area (Å²) >= 11 is 0. The number of hydrogen-bond acceptors (Lipinski definition) is 6. The Morgan fingerprint density at radius 2 is 2.14 bits per heavy atom. The van der Waals surface area contributed by atoms with Gasteiger partial charge in [0, 0.05) is 37.0 Å². The average Bonchev–Trinajstić information content (AvgIpc) is 3.15. The van der Waals surface area contributed by atoms with E-state index in [9.17, 15) is 4.79 Å². The van der Waals surface area contributed by atoms with Gasteiger partial charge in [-0.05, 0) is 31.0 Å². The van der Waals surface area contributed by atoms with Crippen molar-refractivity contribution in [1.29, 1.82) is 0 Å². The van der Waals surface area contributed by atoms with E-state index < -0.39 is 0 Å². The van der Waals surface area contributed by atoms with E-state index in [0.29, 0.717) is 5.69 Å². The van der Waals surface area contributed by atoms with E-state index in [1.165, 1.54) is 0 Å². The highest BCUT2D eigenvalue weighted by atomic mass is 16.2. The summed E-state index contributed by atoms with van der Waals surface area (Å²) in [4.78, 5) is 21.4. The van der Waals surface area contributed by atoms with Crippen molar-refractivity contribution in [2.24, 2.45) is 7.05 Å². The zero-order chi connectivity index (χ0) is 19.5. The molecule has 0 saturated carbocycles. The number of nitrogens with two attached hydrogens (primary N) is 1. The zero-order valence-electron chi connectivity index (χ0n) is 15.7. The number of aryl methyl sites for hydroxylation is 1. The van der Waals surface area contributed by atoms with Crippen LogP contribution in [0.15, 0.2) is 42.9 Å². The summed E-state index contributed by atoms with van der Waals surface area (Å²) < 4.78 is 1.76. The molecule has 0 radical (unpaired) electrons. The Morgan fingerprint density at radius 1 is 1.29 bits per heavy atom. The van der Waals surface area contributed by atoms with E-state index in [0.717, 1.165) is 42.6 Å². The topological polar surface area (TPSA) is 111 Å². The molecule has 3 aromatic rings. The molecule has 1 aliphatic rings. The van der Waals surface area contributed by atoms with E-state index >= 15 is 0 Å². The van der Waals surface area contributed by atoms with Gasteiger partial charge in [-0.2, -0.15) is 5.10 Å². The lowest BCUT2D eigenvalue weighted by Crippen LogP contribution is -2.46. The molecule has 4 rings (SSSR count). The highest BCUT2D eigenvalue weighted by Crippen LogP contribution is 2.25. The number of anilines is 1. The molecule has 1 saturated heterocycles. The standard InChI is InChI=1S/C20H23N7O/c1-27-12-15(9-24-27)13-4-2-5-14(8-13)17-11-23-19(21)18(26-17)20(28)25-16-6-3-7-22-10-16/h2,4-5,8-9,11-12,16,22H,3,6-7,10H2,1H3,(H2,21,23)(H,25,28)/t16-/m0/s1. The van der Waals surface area contributed by atoms with Crippen LogP contribution in [0, 0.1) is 0 Å². The third kappa shape index (κ3) is 3.86. The first-order valence-corrected chi connectivity index (χ1v) is 9.34. The second kappa shape index (κ2) is 7.77. The fraction of sp³-hybridized carbons (Fsp3) is 0.300. The van der Waals surface area contributed by atoms with Crippen molar-refractivity contribution in [1.82, 2.24) is 30.4 Å². The van der Waals surface area contributed by atoms with E-state index in [1.807, 2.05) is 43.7 Å². The van der Waals surface area contributed by atoms with E-state index in [-0.39, 0.29) is 23.5 Å². The third-order valence-electron chi connectivity index (χ3n) is 4.84. The second-order valence-electron chi connectivity index (χ2n) is 6.99. The maximum absolute atomic E-state index is 12.7. The summed E-state index contributed by atoms with van der Waals surface area (Å²) in [5.74, 6) is -0.155. The Morgan fingerprint density at radius 3 is 2.89 bits per heavy atom. The molecule has 8 nitrogen and oxygen atoms in total. The zero-order valence-corrected chi connectivity index (χ0v) is 15.7. The molecule has 28 heavy (non-hydrogen) atoms. The highest BCUT2D eigenvalue weighted by molar-refractivity contribution is 5.97. The van der Waals surface area contributed by atoms with Crippen molar-refractivity contribution >= 4 is 11.7 Å². The molecular formula is C20H23N7O. The predicted molar refractivity (Wildman–Crippen MR) is 107 cm³/mol. The lowest BCUT2D eigenvalue weighted by molar-refractivity contribution is 0.0926. The maximum atomic E-state index is 12.7. The van der Waals surface area contributed by atoms with Gasteiger partial charge >= 0.3 is 0 Å². The summed E-state index contributed by atoms with van der Waals surface area (Å²) in [6.07, 6.45) is 7.33. The fourth-order valence-electron chi connectivity index (χ4n) is 3.36. The summed E-state index contributed by atoms with van der Waals surface area (Å²) in [6, 6.07) is 7.98. The van der Waals surface area contributed by atoms with Gasteiger partial charge in [-0.25, -0.2) is 9.97 Å². The van der Waals surface area contributed by atoms with Crippen molar-refractivity contribution in [2.75, 3.05) is 18.8 Å². The number of aromatic nitrogens is 4. The van der Waals surface area contributed by atoms with Crippen LogP contribution in [0.2, 0.25) is 0 Å². The SMILES string of the molecule is Cn1cc(-c2cccc(-c3cnc(N)c(C(=O)N[C@H]4CCCNC4)n3)c2)cn1. The Bertz CT molecular complexity index is 992. The number of benzene rings is 1.